The van der Waals surface area contributed by atoms with Crippen molar-refractivity contribution in [3.63, 3.8) is 0 Å². The van der Waals surface area contributed by atoms with Crippen LogP contribution in [0.4, 0.5) is 0 Å². The van der Waals surface area contributed by atoms with Crippen molar-refractivity contribution in [2.75, 3.05) is 0 Å². The molecular formula is C16H33N. The second-order valence-corrected chi connectivity index (χ2v) is 5.54. The zero-order chi connectivity index (χ0) is 13.3. The summed E-state index contributed by atoms with van der Waals surface area (Å²) in [5.74, 6) is 0. The van der Waals surface area contributed by atoms with E-state index in [0.717, 1.165) is 0 Å². The molecule has 1 nitrogen and oxygen atoms in total. The summed E-state index contributed by atoms with van der Waals surface area (Å²) < 4.78 is 0. The van der Waals surface area contributed by atoms with Gasteiger partial charge in [0, 0.05) is 17.8 Å². The summed E-state index contributed by atoms with van der Waals surface area (Å²) in [5, 5.41) is 0. The van der Waals surface area contributed by atoms with E-state index in [1.807, 2.05) is 0 Å². The van der Waals surface area contributed by atoms with E-state index in [0.29, 0.717) is 12.1 Å². The zero-order valence-corrected chi connectivity index (χ0v) is 12.9. The van der Waals surface area contributed by atoms with Crippen LogP contribution in [-0.2, 0) is 0 Å². The Hall–Kier alpha value is -0.460. The fourth-order valence-corrected chi connectivity index (χ4v) is 2.43. The molecule has 0 fully saturated rings. The lowest BCUT2D eigenvalue weighted by molar-refractivity contribution is 0.221. The molecule has 1 heteroatoms. The van der Waals surface area contributed by atoms with E-state index in [1.165, 1.54) is 38.5 Å². The number of hydrogen-bond donors (Lipinski definition) is 0. The number of rotatable bonds is 9. The Morgan fingerprint density at radius 2 is 1.47 bits per heavy atom. The third-order valence-corrected chi connectivity index (χ3v) is 3.17. The lowest BCUT2D eigenvalue weighted by Gasteiger charge is -2.35. The highest BCUT2D eigenvalue weighted by Gasteiger charge is 2.15. The minimum absolute atomic E-state index is 0.611. The Bertz CT molecular complexity index is 196. The average Bonchev–Trinajstić information content (AvgIpc) is 2.24. The lowest BCUT2D eigenvalue weighted by atomic mass is 10.1. The molecule has 102 valence electrons. The maximum absolute atomic E-state index is 2.59. The van der Waals surface area contributed by atoms with Gasteiger partial charge in [0.15, 0.2) is 0 Å². The molecule has 0 aromatic heterocycles. The smallest absolute Gasteiger partial charge is 0.0233 e. The topological polar surface area (TPSA) is 3.24 Å². The first-order chi connectivity index (χ1) is 8.04. The van der Waals surface area contributed by atoms with Gasteiger partial charge in [-0.05, 0) is 47.0 Å². The fraction of sp³-hybridized carbons (Fsp3) is 0.875. The summed E-state index contributed by atoms with van der Waals surface area (Å²) >= 11 is 0. The molecule has 0 aliphatic heterocycles. The molecule has 0 atom stereocenters. The summed E-state index contributed by atoms with van der Waals surface area (Å²) in [4.78, 5) is 2.59. The van der Waals surface area contributed by atoms with Gasteiger partial charge in [0.2, 0.25) is 0 Å². The third-order valence-electron chi connectivity index (χ3n) is 3.17. The molecule has 0 saturated heterocycles. The minimum atomic E-state index is 0.611. The minimum Gasteiger partial charge on any atom is -0.370 e. The maximum atomic E-state index is 2.59. The number of nitrogens with zero attached hydrogens (tertiary/aromatic N) is 1. The highest BCUT2D eigenvalue weighted by Crippen LogP contribution is 2.20. The van der Waals surface area contributed by atoms with Crippen LogP contribution >= 0.6 is 0 Å². The monoisotopic (exact) mass is 239 g/mol. The van der Waals surface area contributed by atoms with E-state index in [1.54, 1.807) is 5.70 Å². The Morgan fingerprint density at radius 1 is 0.941 bits per heavy atom. The zero-order valence-electron chi connectivity index (χ0n) is 12.9. The van der Waals surface area contributed by atoms with Gasteiger partial charge >= 0.3 is 0 Å². The van der Waals surface area contributed by atoms with E-state index in [-0.39, 0.29) is 0 Å². The van der Waals surface area contributed by atoms with Crippen molar-refractivity contribution in [1.82, 2.24) is 4.90 Å². The molecule has 0 aromatic carbocycles. The Morgan fingerprint density at radius 3 is 1.88 bits per heavy atom. The first-order valence-electron chi connectivity index (χ1n) is 7.51. The van der Waals surface area contributed by atoms with Crippen LogP contribution in [0, 0.1) is 0 Å². The van der Waals surface area contributed by atoms with Gasteiger partial charge in [-0.1, -0.05) is 39.2 Å². The summed E-state index contributed by atoms with van der Waals surface area (Å²) in [6.45, 7) is 13.8. The van der Waals surface area contributed by atoms with Crippen molar-refractivity contribution in [2.45, 2.75) is 92.2 Å². The van der Waals surface area contributed by atoms with Crippen molar-refractivity contribution >= 4 is 0 Å². The van der Waals surface area contributed by atoms with Gasteiger partial charge in [-0.15, -0.1) is 0 Å². The molecule has 0 amide bonds. The molecule has 0 bridgehead atoms. The molecule has 0 aliphatic rings. The highest BCUT2D eigenvalue weighted by atomic mass is 15.2. The van der Waals surface area contributed by atoms with Crippen LogP contribution < -0.4 is 0 Å². The van der Waals surface area contributed by atoms with Gasteiger partial charge in [0.1, 0.15) is 0 Å². The van der Waals surface area contributed by atoms with Crippen LogP contribution in [0.25, 0.3) is 0 Å². The van der Waals surface area contributed by atoms with Gasteiger partial charge in [-0.25, -0.2) is 0 Å². The Balaban J connectivity index is 4.66. The van der Waals surface area contributed by atoms with E-state index < -0.39 is 0 Å². The molecule has 0 aliphatic carbocycles. The van der Waals surface area contributed by atoms with Crippen molar-refractivity contribution in [1.29, 1.82) is 0 Å². The van der Waals surface area contributed by atoms with Crippen LogP contribution in [-0.4, -0.2) is 17.0 Å². The fourth-order valence-electron chi connectivity index (χ4n) is 2.43. The second-order valence-electron chi connectivity index (χ2n) is 5.54. The van der Waals surface area contributed by atoms with Gasteiger partial charge in [0.05, 0.1) is 0 Å². The summed E-state index contributed by atoms with van der Waals surface area (Å²) in [6, 6.07) is 1.22. The molecular weight excluding hydrogens is 206 g/mol. The lowest BCUT2D eigenvalue weighted by Crippen LogP contribution is -2.36. The van der Waals surface area contributed by atoms with Gasteiger partial charge in [-0.3, -0.25) is 0 Å². The van der Waals surface area contributed by atoms with Crippen molar-refractivity contribution in [3.05, 3.63) is 11.8 Å². The van der Waals surface area contributed by atoms with E-state index in [4.69, 9.17) is 0 Å². The Labute approximate surface area is 109 Å². The molecule has 0 heterocycles. The van der Waals surface area contributed by atoms with Gasteiger partial charge in [0.25, 0.3) is 0 Å². The molecule has 0 radical (unpaired) electrons. The molecule has 0 saturated carbocycles. The summed E-state index contributed by atoms with van der Waals surface area (Å²) in [5.41, 5.74) is 1.57. The maximum Gasteiger partial charge on any atom is 0.0233 e. The quantitative estimate of drug-likeness (QED) is 0.489. The van der Waals surface area contributed by atoms with Crippen LogP contribution in [0.1, 0.15) is 80.1 Å². The molecule has 0 spiro atoms. The molecule has 17 heavy (non-hydrogen) atoms. The van der Waals surface area contributed by atoms with E-state index in [2.05, 4.69) is 52.5 Å². The van der Waals surface area contributed by atoms with Crippen molar-refractivity contribution < 1.29 is 0 Å². The predicted octanol–water partition coefficient (Wildman–Crippen LogP) is 5.37. The first kappa shape index (κ1) is 16.5. The van der Waals surface area contributed by atoms with Crippen LogP contribution in [0.5, 0.6) is 0 Å². The Kier molecular flexibility index (Phi) is 9.30. The van der Waals surface area contributed by atoms with Gasteiger partial charge in [-0.2, -0.15) is 0 Å². The van der Waals surface area contributed by atoms with Crippen LogP contribution in [0.15, 0.2) is 11.8 Å². The number of allylic oxidation sites excluding steroid dienone is 2. The number of unbranched alkanes of at least 4 members (excludes halogenated alkanes) is 3. The standard InChI is InChI=1S/C16H33N/c1-7-9-11-13-16(12-10-8-2)17(14(3)4)15(5)6/h13-15H,7-12H2,1-6H3. The summed E-state index contributed by atoms with van der Waals surface area (Å²) in [6.07, 6.45) is 10.2. The second kappa shape index (κ2) is 9.56. The largest absolute Gasteiger partial charge is 0.370 e. The first-order valence-corrected chi connectivity index (χ1v) is 7.51. The van der Waals surface area contributed by atoms with Gasteiger partial charge < -0.3 is 4.90 Å². The van der Waals surface area contributed by atoms with Crippen molar-refractivity contribution in [3.8, 4) is 0 Å². The normalized spacial score (nSPS) is 12.6. The third kappa shape index (κ3) is 6.75. The SMILES string of the molecule is CCCCC=C(CCCC)N(C(C)C)C(C)C. The predicted molar refractivity (Wildman–Crippen MR) is 79.2 cm³/mol. The molecule has 0 unspecified atom stereocenters. The summed E-state index contributed by atoms with van der Waals surface area (Å²) in [7, 11) is 0. The van der Waals surface area contributed by atoms with E-state index >= 15 is 0 Å². The molecule has 0 rings (SSSR count). The molecule has 0 aromatic rings. The number of hydrogen-bond acceptors (Lipinski definition) is 1. The van der Waals surface area contributed by atoms with E-state index in [9.17, 15) is 0 Å². The molecule has 0 N–H and O–H groups in total. The van der Waals surface area contributed by atoms with Crippen LogP contribution in [0.2, 0.25) is 0 Å². The van der Waals surface area contributed by atoms with Crippen LogP contribution in [0.3, 0.4) is 0 Å². The highest BCUT2D eigenvalue weighted by molar-refractivity contribution is 5.04. The van der Waals surface area contributed by atoms with Crippen molar-refractivity contribution in [2.24, 2.45) is 0 Å². The average molecular weight is 239 g/mol.